The maximum Gasteiger partial charge on any atom is 0.0872 e. The van der Waals surface area contributed by atoms with Crippen molar-refractivity contribution in [1.82, 2.24) is 0 Å². The molecule has 0 bridgehead atoms. The number of hydrogen-bond acceptors (Lipinski definition) is 2. The molecule has 0 fully saturated rings. The van der Waals surface area contributed by atoms with E-state index in [4.69, 9.17) is 10.2 Å². The van der Waals surface area contributed by atoms with Gasteiger partial charge in [-0.2, -0.15) is 0 Å². The fourth-order valence-corrected chi connectivity index (χ4v) is 0. The quantitative estimate of drug-likeness (QED) is 0.460. The molecule has 0 spiro atoms. The summed E-state index contributed by atoms with van der Waals surface area (Å²) in [4.78, 5) is 0. The molecular formula is C10H18BO2. The summed E-state index contributed by atoms with van der Waals surface area (Å²) in [6, 6.07) is 0. The van der Waals surface area contributed by atoms with Gasteiger partial charge < -0.3 is 10.2 Å². The summed E-state index contributed by atoms with van der Waals surface area (Å²) >= 11 is 0. The van der Waals surface area contributed by atoms with Crippen LogP contribution in [0.4, 0.5) is 0 Å². The Balaban J connectivity index is -0.0000000712. The van der Waals surface area contributed by atoms with E-state index in [-0.39, 0.29) is 8.41 Å². The van der Waals surface area contributed by atoms with Crippen LogP contribution in [0.1, 0.15) is 27.7 Å². The van der Waals surface area contributed by atoms with Gasteiger partial charge in [0, 0.05) is 8.41 Å². The van der Waals surface area contributed by atoms with E-state index in [1.54, 1.807) is 27.7 Å². The summed E-state index contributed by atoms with van der Waals surface area (Å²) in [7, 11) is 0. The summed E-state index contributed by atoms with van der Waals surface area (Å²) in [5.41, 5.74) is -2.01. The first-order valence-electron chi connectivity index (χ1n) is 3.36. The molecule has 3 radical (unpaired) electrons. The van der Waals surface area contributed by atoms with Gasteiger partial charge in [-0.15, -0.1) is 25.7 Å². The smallest absolute Gasteiger partial charge is 0.0872 e. The lowest BCUT2D eigenvalue weighted by Gasteiger charge is -2.31. The molecule has 13 heavy (non-hydrogen) atoms. The summed E-state index contributed by atoms with van der Waals surface area (Å²) in [5.74, 6) is 0. The van der Waals surface area contributed by atoms with Gasteiger partial charge in [0.1, 0.15) is 0 Å². The highest BCUT2D eigenvalue weighted by molar-refractivity contribution is 5.75. The maximum absolute atomic E-state index is 9.10. The third-order valence-corrected chi connectivity index (χ3v) is 1.50. The molecule has 0 aromatic heterocycles. The van der Waals surface area contributed by atoms with Crippen molar-refractivity contribution in [1.29, 1.82) is 0 Å². The van der Waals surface area contributed by atoms with E-state index < -0.39 is 11.2 Å². The molecule has 0 saturated heterocycles. The lowest BCUT2D eigenvalue weighted by Crippen LogP contribution is -2.44. The minimum absolute atomic E-state index is 0. The highest BCUT2D eigenvalue weighted by Gasteiger charge is 2.31. The average molecular weight is 181 g/mol. The van der Waals surface area contributed by atoms with Crippen LogP contribution in [0, 0.1) is 25.7 Å². The van der Waals surface area contributed by atoms with Crippen LogP contribution >= 0.6 is 0 Å². The molecule has 0 unspecified atom stereocenters. The van der Waals surface area contributed by atoms with Crippen molar-refractivity contribution >= 4 is 8.41 Å². The van der Waals surface area contributed by atoms with Gasteiger partial charge in [-0.3, -0.25) is 0 Å². The molecule has 2 nitrogen and oxygen atoms in total. The molecule has 0 atom stereocenters. The predicted molar refractivity (Wildman–Crippen MR) is 58.1 cm³/mol. The van der Waals surface area contributed by atoms with Gasteiger partial charge >= 0.3 is 0 Å². The fourth-order valence-electron chi connectivity index (χ4n) is 0. The Kier molecular flexibility index (Phi) is 16.1. The van der Waals surface area contributed by atoms with Gasteiger partial charge in [0.15, 0.2) is 0 Å². The van der Waals surface area contributed by atoms with Crippen LogP contribution in [0.25, 0.3) is 0 Å². The van der Waals surface area contributed by atoms with E-state index in [0.717, 1.165) is 0 Å². The molecule has 0 aromatic carbocycles. The van der Waals surface area contributed by atoms with Crippen molar-refractivity contribution in [3.8, 4) is 25.7 Å². The Morgan fingerprint density at radius 3 is 0.769 bits per heavy atom. The van der Waals surface area contributed by atoms with Crippen LogP contribution in [-0.4, -0.2) is 29.8 Å². The van der Waals surface area contributed by atoms with Crippen LogP contribution in [0.15, 0.2) is 0 Å². The summed E-state index contributed by atoms with van der Waals surface area (Å²) in [6.07, 6.45) is 16.0. The van der Waals surface area contributed by atoms with Crippen molar-refractivity contribution in [2.24, 2.45) is 0 Å². The third-order valence-electron chi connectivity index (χ3n) is 1.50. The number of terminal acetylenes is 2. The minimum Gasteiger partial charge on any atom is -0.387 e. The van der Waals surface area contributed by atoms with Crippen molar-refractivity contribution in [3.63, 3.8) is 0 Å². The monoisotopic (exact) mass is 181 g/mol. The molecule has 0 aliphatic carbocycles. The molecule has 0 heterocycles. The first-order valence-corrected chi connectivity index (χ1v) is 3.36. The molecule has 0 aliphatic rings. The number of aliphatic hydroxyl groups is 2. The Labute approximate surface area is 83.9 Å². The molecule has 2 N–H and O–H groups in total. The Hall–Kier alpha value is -0.895. The van der Waals surface area contributed by atoms with Crippen LogP contribution in [-0.2, 0) is 0 Å². The summed E-state index contributed by atoms with van der Waals surface area (Å²) < 4.78 is 0. The fraction of sp³-hybridized carbons (Fsp3) is 0.600. The second-order valence-corrected chi connectivity index (χ2v) is 3.12. The second-order valence-electron chi connectivity index (χ2n) is 3.12. The number of rotatable bonds is 1. The standard InChI is InChI=1S/C6H14O2.2C2H2.B/c1-5(2,7)6(3,4)8;2*1-2;/h7-8H,1-4H3;2*1-2H;. The van der Waals surface area contributed by atoms with Crippen molar-refractivity contribution in [2.75, 3.05) is 0 Å². The summed E-state index contributed by atoms with van der Waals surface area (Å²) in [6.45, 7) is 6.31. The first kappa shape index (κ1) is 22.7. The normalized spacial score (nSPS) is 9.08. The zero-order valence-corrected chi connectivity index (χ0v) is 8.78. The van der Waals surface area contributed by atoms with E-state index in [1.165, 1.54) is 0 Å². The molecule has 0 saturated carbocycles. The molecule has 0 aromatic rings. The van der Waals surface area contributed by atoms with Gasteiger partial charge in [-0.1, -0.05) is 0 Å². The third kappa shape index (κ3) is 14.0. The van der Waals surface area contributed by atoms with Gasteiger partial charge in [0.2, 0.25) is 0 Å². The Bertz CT molecular complexity index is 116. The van der Waals surface area contributed by atoms with Crippen LogP contribution in [0.2, 0.25) is 0 Å². The van der Waals surface area contributed by atoms with Crippen molar-refractivity contribution in [2.45, 2.75) is 38.9 Å². The zero-order chi connectivity index (χ0) is 11.0. The summed E-state index contributed by atoms with van der Waals surface area (Å²) in [5, 5.41) is 18.2. The van der Waals surface area contributed by atoms with Gasteiger partial charge in [0.05, 0.1) is 11.2 Å². The van der Waals surface area contributed by atoms with Gasteiger partial charge in [-0.25, -0.2) is 0 Å². The Morgan fingerprint density at radius 1 is 0.692 bits per heavy atom. The van der Waals surface area contributed by atoms with Gasteiger partial charge in [-0.05, 0) is 27.7 Å². The molecule has 73 valence electrons. The van der Waals surface area contributed by atoms with Crippen molar-refractivity contribution in [3.05, 3.63) is 0 Å². The average Bonchev–Trinajstić information content (AvgIpc) is 1.92. The predicted octanol–water partition coefficient (Wildman–Crippen LogP) is 0.646. The molecule has 3 heteroatoms. The largest absolute Gasteiger partial charge is 0.387 e. The Morgan fingerprint density at radius 2 is 0.769 bits per heavy atom. The minimum atomic E-state index is -1.01. The highest BCUT2D eigenvalue weighted by atomic mass is 16.3. The zero-order valence-electron chi connectivity index (χ0n) is 8.78. The van der Waals surface area contributed by atoms with E-state index in [0.29, 0.717) is 0 Å². The van der Waals surface area contributed by atoms with Crippen molar-refractivity contribution < 1.29 is 10.2 Å². The number of hydrogen-bond donors (Lipinski definition) is 2. The van der Waals surface area contributed by atoms with Crippen LogP contribution in [0.5, 0.6) is 0 Å². The topological polar surface area (TPSA) is 40.5 Å². The second kappa shape index (κ2) is 9.19. The molecule has 0 aliphatic heterocycles. The lowest BCUT2D eigenvalue weighted by molar-refractivity contribution is -0.107. The maximum atomic E-state index is 9.10. The van der Waals surface area contributed by atoms with Crippen LogP contribution < -0.4 is 0 Å². The van der Waals surface area contributed by atoms with Gasteiger partial charge in [0.25, 0.3) is 0 Å². The SMILES string of the molecule is C#C.C#C.CC(C)(O)C(C)(C)O.[B]. The van der Waals surface area contributed by atoms with Crippen LogP contribution in [0.3, 0.4) is 0 Å². The van der Waals surface area contributed by atoms with E-state index >= 15 is 0 Å². The molecular weight excluding hydrogens is 163 g/mol. The molecule has 0 rings (SSSR count). The van der Waals surface area contributed by atoms with E-state index in [2.05, 4.69) is 25.7 Å². The van der Waals surface area contributed by atoms with E-state index in [9.17, 15) is 0 Å². The molecule has 0 amide bonds. The lowest BCUT2D eigenvalue weighted by atomic mass is 9.90. The first-order chi connectivity index (χ1) is 5.25. The van der Waals surface area contributed by atoms with E-state index in [1.807, 2.05) is 0 Å². The highest BCUT2D eigenvalue weighted by Crippen LogP contribution is 2.19.